The van der Waals surface area contributed by atoms with Gasteiger partial charge in [0, 0.05) is 24.2 Å². The second kappa shape index (κ2) is 8.07. The maximum Gasteiger partial charge on any atom is 0.170 e. The highest BCUT2D eigenvalue weighted by Crippen LogP contribution is 2.38. The molecule has 3 heterocycles. The molecule has 1 aromatic carbocycles. The molecule has 29 heavy (non-hydrogen) atoms. The van der Waals surface area contributed by atoms with E-state index >= 15 is 0 Å². The Kier molecular flexibility index (Phi) is 5.34. The number of anilines is 1. The molecule has 7 nitrogen and oxygen atoms in total. The molecule has 4 rings (SSSR count). The van der Waals surface area contributed by atoms with Gasteiger partial charge in [0.1, 0.15) is 15.0 Å². The van der Waals surface area contributed by atoms with Gasteiger partial charge in [-0.15, -0.1) is 21.5 Å². The van der Waals surface area contributed by atoms with E-state index in [1.165, 1.54) is 0 Å². The second-order valence-electron chi connectivity index (χ2n) is 6.89. The summed E-state index contributed by atoms with van der Waals surface area (Å²) in [6.45, 7) is 4.87. The van der Waals surface area contributed by atoms with Crippen LogP contribution in [0.25, 0.3) is 20.4 Å². The fraction of sp³-hybridized carbons (Fsp3) is 0.286. The Morgan fingerprint density at radius 2 is 1.97 bits per heavy atom. The van der Waals surface area contributed by atoms with Crippen molar-refractivity contribution < 1.29 is 5.11 Å². The lowest BCUT2D eigenvalue weighted by atomic mass is 9.97. The molecule has 0 amide bonds. The number of rotatable bonds is 6. The van der Waals surface area contributed by atoms with Crippen molar-refractivity contribution in [1.82, 2.24) is 20.4 Å². The standard InChI is InChI=1S/C21H20N6OS/c1-12-16(10-14-4-6-15(11-22)7-5-14)13(2)24-21-17(12)18-19(29-21)20(26-27-25-18)23-8-3-9-28/h4-7,28H,3,8-10H2,1-2H3,(H,23,25,26). The number of fused-ring (bicyclic) bond motifs is 3. The number of thiophene rings is 1. The third kappa shape index (κ3) is 3.62. The smallest absolute Gasteiger partial charge is 0.170 e. The van der Waals surface area contributed by atoms with Gasteiger partial charge in [0.15, 0.2) is 5.82 Å². The maximum atomic E-state index is 9.01. The largest absolute Gasteiger partial charge is 0.396 e. The fourth-order valence-corrected chi connectivity index (χ4v) is 4.62. The molecule has 0 aliphatic rings. The minimum Gasteiger partial charge on any atom is -0.396 e. The van der Waals surface area contributed by atoms with Crippen LogP contribution in [0.4, 0.5) is 5.82 Å². The van der Waals surface area contributed by atoms with Crippen LogP contribution in [0.15, 0.2) is 24.3 Å². The van der Waals surface area contributed by atoms with Crippen molar-refractivity contribution in [2.45, 2.75) is 26.7 Å². The number of hydrogen-bond donors (Lipinski definition) is 2. The number of hydrogen-bond acceptors (Lipinski definition) is 8. The van der Waals surface area contributed by atoms with Crippen LogP contribution < -0.4 is 5.32 Å². The zero-order chi connectivity index (χ0) is 20.4. The molecule has 0 spiro atoms. The Balaban J connectivity index is 1.79. The van der Waals surface area contributed by atoms with E-state index in [1.807, 2.05) is 31.2 Å². The first-order valence-corrected chi connectivity index (χ1v) is 10.2. The van der Waals surface area contributed by atoms with Gasteiger partial charge in [-0.3, -0.25) is 0 Å². The van der Waals surface area contributed by atoms with E-state index < -0.39 is 0 Å². The highest BCUT2D eigenvalue weighted by molar-refractivity contribution is 7.26. The van der Waals surface area contributed by atoms with E-state index in [-0.39, 0.29) is 6.61 Å². The molecule has 146 valence electrons. The number of nitriles is 1. The van der Waals surface area contributed by atoms with E-state index in [9.17, 15) is 0 Å². The summed E-state index contributed by atoms with van der Waals surface area (Å²) >= 11 is 1.56. The van der Waals surface area contributed by atoms with Crippen LogP contribution in [0.3, 0.4) is 0 Å². The van der Waals surface area contributed by atoms with Crippen LogP contribution >= 0.6 is 11.3 Å². The Morgan fingerprint density at radius 1 is 1.17 bits per heavy atom. The van der Waals surface area contributed by atoms with Crippen LogP contribution in [0.1, 0.15) is 34.4 Å². The third-order valence-electron chi connectivity index (χ3n) is 4.99. The van der Waals surface area contributed by atoms with Crippen molar-refractivity contribution >= 4 is 37.6 Å². The van der Waals surface area contributed by atoms with Gasteiger partial charge in [-0.25, -0.2) is 4.98 Å². The molecule has 2 N–H and O–H groups in total. The summed E-state index contributed by atoms with van der Waals surface area (Å²) < 4.78 is 0.929. The van der Waals surface area contributed by atoms with E-state index in [0.29, 0.717) is 24.3 Å². The minimum absolute atomic E-state index is 0.125. The number of aryl methyl sites for hydroxylation is 2. The van der Waals surface area contributed by atoms with Crippen molar-refractivity contribution in [3.8, 4) is 6.07 Å². The summed E-state index contributed by atoms with van der Waals surface area (Å²) in [4.78, 5) is 5.77. The van der Waals surface area contributed by atoms with Crippen LogP contribution in [-0.4, -0.2) is 38.7 Å². The van der Waals surface area contributed by atoms with Crippen LogP contribution in [0, 0.1) is 25.2 Å². The number of aromatic nitrogens is 4. The van der Waals surface area contributed by atoms with Gasteiger partial charge in [-0.2, -0.15) is 5.26 Å². The summed E-state index contributed by atoms with van der Waals surface area (Å²) in [5.41, 5.74) is 5.89. The molecule has 0 unspecified atom stereocenters. The van der Waals surface area contributed by atoms with Gasteiger partial charge < -0.3 is 10.4 Å². The molecule has 8 heteroatoms. The third-order valence-corrected chi connectivity index (χ3v) is 6.07. The van der Waals surface area contributed by atoms with Crippen LogP contribution in [0.5, 0.6) is 0 Å². The molecule has 0 atom stereocenters. The quantitative estimate of drug-likeness (QED) is 0.474. The SMILES string of the molecule is Cc1nc2sc3c(NCCCO)nnnc3c2c(C)c1Cc1ccc(C#N)cc1. The molecule has 0 bridgehead atoms. The minimum atomic E-state index is 0.125. The van der Waals surface area contributed by atoms with Gasteiger partial charge in [0.05, 0.1) is 11.6 Å². The molecular weight excluding hydrogens is 384 g/mol. The maximum absolute atomic E-state index is 9.01. The Morgan fingerprint density at radius 3 is 2.69 bits per heavy atom. The van der Waals surface area contributed by atoms with Crippen molar-refractivity contribution in [2.24, 2.45) is 0 Å². The first-order chi connectivity index (χ1) is 14.1. The predicted molar refractivity (Wildman–Crippen MR) is 114 cm³/mol. The summed E-state index contributed by atoms with van der Waals surface area (Å²) in [6.07, 6.45) is 1.38. The van der Waals surface area contributed by atoms with E-state index in [2.05, 4.69) is 33.7 Å². The van der Waals surface area contributed by atoms with E-state index in [4.69, 9.17) is 15.4 Å². The first-order valence-electron chi connectivity index (χ1n) is 9.37. The van der Waals surface area contributed by atoms with Gasteiger partial charge in [0.2, 0.25) is 0 Å². The van der Waals surface area contributed by atoms with Crippen molar-refractivity contribution in [3.05, 3.63) is 52.2 Å². The molecule has 0 saturated carbocycles. The van der Waals surface area contributed by atoms with Gasteiger partial charge in [-0.05, 0) is 60.7 Å². The number of aliphatic hydroxyl groups is 1. The zero-order valence-electron chi connectivity index (χ0n) is 16.2. The topological polar surface area (TPSA) is 108 Å². The lowest BCUT2D eigenvalue weighted by Crippen LogP contribution is -2.06. The summed E-state index contributed by atoms with van der Waals surface area (Å²) in [5, 5.41) is 34.6. The average Bonchev–Trinajstić information content (AvgIpc) is 3.11. The molecule has 0 fully saturated rings. The molecule has 3 aromatic heterocycles. The number of nitrogens with zero attached hydrogens (tertiary/aromatic N) is 5. The normalized spacial score (nSPS) is 11.1. The number of nitrogens with one attached hydrogen (secondary N) is 1. The Hall–Kier alpha value is -3.15. The second-order valence-corrected chi connectivity index (χ2v) is 7.89. The highest BCUT2D eigenvalue weighted by Gasteiger charge is 2.18. The molecular formula is C21H20N6OS. The summed E-state index contributed by atoms with van der Waals surface area (Å²) in [5.74, 6) is 0.678. The van der Waals surface area contributed by atoms with Gasteiger partial charge in [-0.1, -0.05) is 12.1 Å². The Bertz CT molecular complexity index is 1230. The lowest BCUT2D eigenvalue weighted by Gasteiger charge is -2.11. The van der Waals surface area contributed by atoms with Crippen molar-refractivity contribution in [2.75, 3.05) is 18.5 Å². The zero-order valence-corrected chi connectivity index (χ0v) is 17.0. The average molecular weight is 404 g/mol. The van der Waals surface area contributed by atoms with Crippen LogP contribution in [-0.2, 0) is 6.42 Å². The lowest BCUT2D eigenvalue weighted by molar-refractivity contribution is 0.292. The van der Waals surface area contributed by atoms with Crippen molar-refractivity contribution in [1.29, 1.82) is 5.26 Å². The van der Waals surface area contributed by atoms with E-state index in [1.54, 1.807) is 11.3 Å². The molecule has 4 aromatic rings. The predicted octanol–water partition coefficient (Wildman–Crippen LogP) is 3.51. The number of pyridine rings is 1. The number of benzene rings is 1. The molecule has 0 saturated heterocycles. The first kappa shape index (κ1) is 19.2. The monoisotopic (exact) mass is 404 g/mol. The molecule has 0 aliphatic carbocycles. The fourth-order valence-electron chi connectivity index (χ4n) is 3.45. The molecule has 0 aliphatic heterocycles. The number of aliphatic hydroxyl groups excluding tert-OH is 1. The van der Waals surface area contributed by atoms with E-state index in [0.717, 1.165) is 49.2 Å². The van der Waals surface area contributed by atoms with Gasteiger partial charge in [0.25, 0.3) is 0 Å². The van der Waals surface area contributed by atoms with Crippen molar-refractivity contribution in [3.63, 3.8) is 0 Å². The van der Waals surface area contributed by atoms with Crippen LogP contribution in [0.2, 0.25) is 0 Å². The summed E-state index contributed by atoms with van der Waals surface area (Å²) in [6, 6.07) is 9.81. The molecule has 0 radical (unpaired) electrons. The highest BCUT2D eigenvalue weighted by atomic mass is 32.1. The van der Waals surface area contributed by atoms with Gasteiger partial charge >= 0.3 is 0 Å². The Labute approximate surface area is 172 Å². The summed E-state index contributed by atoms with van der Waals surface area (Å²) in [7, 11) is 0.